The Hall–Kier alpha value is -5.03. The third-order valence-electron chi connectivity index (χ3n) is 6.46. The summed E-state index contributed by atoms with van der Waals surface area (Å²) in [4.78, 5) is -1.78. The summed E-state index contributed by atoms with van der Waals surface area (Å²) >= 11 is 0. The Morgan fingerprint density at radius 1 is 0.562 bits per heavy atom. The van der Waals surface area contributed by atoms with Crippen molar-refractivity contribution in [2.75, 3.05) is 5.73 Å². The van der Waals surface area contributed by atoms with Crippen LogP contribution in [-0.2, 0) is 41.0 Å². The van der Waals surface area contributed by atoms with Gasteiger partial charge in [-0.1, -0.05) is 18.2 Å². The van der Waals surface area contributed by atoms with Gasteiger partial charge in [-0.15, -0.1) is 22.9 Å². The second-order valence-electron chi connectivity index (χ2n) is 9.68. The van der Waals surface area contributed by atoms with Crippen LogP contribution in [-0.4, -0.2) is 51.5 Å². The van der Waals surface area contributed by atoms with Gasteiger partial charge in [-0.05, 0) is 73.2 Å². The number of azo groups is 2. The van der Waals surface area contributed by atoms with E-state index in [9.17, 15) is 38.9 Å². The standard InChI is InChI=1S/C27H21N5O9S3.O3S/c1-15-11-16(28)5-8-23(15)30-32-24-9-10-25(21-14-18(42(33,34)35)6-7-19(21)24)31-29-17-12-22-20(27(13-17)44(39,40)41)3-2-4-26(22)43(36,37)38;1-4(2)3/h2-14H,28H2,1H3,(H,33,34,35)(H,36,37,38)(H,39,40,41);. The minimum absolute atomic E-state index is 0.0460. The normalized spacial score (nSPS) is 12.4. The number of nitrogens with two attached hydrogens (primary N) is 1. The predicted molar refractivity (Wildman–Crippen MR) is 171 cm³/mol. The van der Waals surface area contributed by atoms with Gasteiger partial charge < -0.3 is 5.73 Å². The summed E-state index contributed by atoms with van der Waals surface area (Å²) in [7, 11) is -17.5. The van der Waals surface area contributed by atoms with Crippen molar-refractivity contribution in [3.8, 4) is 0 Å². The molecule has 5 rings (SSSR count). The number of rotatable bonds is 7. The van der Waals surface area contributed by atoms with Crippen LogP contribution in [0.1, 0.15) is 5.56 Å². The first-order valence-electron chi connectivity index (χ1n) is 12.8. The first kappa shape index (κ1) is 35.8. The van der Waals surface area contributed by atoms with E-state index in [0.717, 1.165) is 35.9 Å². The van der Waals surface area contributed by atoms with Crippen LogP contribution >= 0.6 is 0 Å². The molecule has 0 saturated carbocycles. The van der Waals surface area contributed by atoms with Crippen molar-refractivity contribution in [2.45, 2.75) is 21.6 Å². The van der Waals surface area contributed by atoms with Crippen LogP contribution in [0.25, 0.3) is 21.5 Å². The van der Waals surface area contributed by atoms with Crippen molar-refractivity contribution in [1.82, 2.24) is 0 Å². The average molecular weight is 736 g/mol. The molecule has 0 radical (unpaired) electrons. The fraction of sp³-hybridized carbons (Fsp3) is 0.0370. The molecular formula is C27H21N5O12S4. The number of anilines is 1. The topological polar surface area (TPSA) is 290 Å². The minimum atomic E-state index is -4.90. The summed E-state index contributed by atoms with van der Waals surface area (Å²) in [5, 5.41) is 16.7. The molecule has 0 fully saturated rings. The van der Waals surface area contributed by atoms with Gasteiger partial charge in [0.25, 0.3) is 30.4 Å². The quantitative estimate of drug-likeness (QED) is 0.0919. The van der Waals surface area contributed by atoms with E-state index in [4.69, 9.17) is 18.4 Å². The second kappa shape index (κ2) is 13.6. The van der Waals surface area contributed by atoms with Crippen molar-refractivity contribution in [2.24, 2.45) is 20.5 Å². The number of benzene rings is 5. The zero-order chi connectivity index (χ0) is 35.6. The van der Waals surface area contributed by atoms with Crippen molar-refractivity contribution >= 4 is 90.9 Å². The summed E-state index contributed by atoms with van der Waals surface area (Å²) < 4.78 is 126. The van der Waals surface area contributed by atoms with E-state index in [1.807, 2.05) is 0 Å². The molecule has 21 heteroatoms. The van der Waals surface area contributed by atoms with Gasteiger partial charge in [0.15, 0.2) is 0 Å². The summed E-state index contributed by atoms with van der Waals surface area (Å²) in [6.07, 6.45) is 0. The monoisotopic (exact) mass is 735 g/mol. The van der Waals surface area contributed by atoms with Crippen molar-refractivity contribution < 1.29 is 51.5 Å². The van der Waals surface area contributed by atoms with Crippen LogP contribution in [0.2, 0.25) is 0 Å². The molecule has 250 valence electrons. The van der Waals surface area contributed by atoms with Gasteiger partial charge in [-0.2, -0.15) is 35.5 Å². The molecule has 0 spiro atoms. The van der Waals surface area contributed by atoms with Crippen LogP contribution in [0.4, 0.5) is 28.4 Å². The summed E-state index contributed by atoms with van der Waals surface area (Å²) in [6, 6.07) is 17.2. The first-order valence-corrected chi connectivity index (χ1v) is 18.1. The smallest absolute Gasteiger partial charge is 0.399 e. The highest BCUT2D eigenvalue weighted by Crippen LogP contribution is 2.38. The number of nitrogens with zero attached hydrogens (tertiary/aromatic N) is 4. The Bertz CT molecular complexity index is 2620. The molecule has 5 aromatic rings. The zero-order valence-corrected chi connectivity index (χ0v) is 27.3. The number of aryl methyl sites for hydroxylation is 1. The van der Waals surface area contributed by atoms with Gasteiger partial charge in [0, 0.05) is 27.2 Å². The third kappa shape index (κ3) is 8.46. The lowest BCUT2D eigenvalue weighted by atomic mass is 10.1. The van der Waals surface area contributed by atoms with Crippen LogP contribution in [0.3, 0.4) is 0 Å². The Morgan fingerprint density at radius 3 is 1.71 bits per heavy atom. The average Bonchev–Trinajstić information content (AvgIpc) is 2.97. The Balaban J connectivity index is 0.00000123. The van der Waals surface area contributed by atoms with Gasteiger partial charge in [0.1, 0.15) is 9.79 Å². The molecule has 0 heterocycles. The molecule has 0 bridgehead atoms. The van der Waals surface area contributed by atoms with Gasteiger partial charge >= 0.3 is 10.6 Å². The lowest BCUT2D eigenvalue weighted by Gasteiger charge is -2.09. The van der Waals surface area contributed by atoms with E-state index in [2.05, 4.69) is 20.5 Å². The van der Waals surface area contributed by atoms with Crippen LogP contribution in [0.15, 0.2) is 114 Å². The highest BCUT2D eigenvalue weighted by molar-refractivity contribution is 7.86. The maximum absolute atomic E-state index is 12.1. The number of fused-ring (bicyclic) bond motifs is 2. The van der Waals surface area contributed by atoms with Gasteiger partial charge in [-0.3, -0.25) is 13.7 Å². The fourth-order valence-electron chi connectivity index (χ4n) is 4.45. The molecule has 0 aliphatic rings. The Morgan fingerprint density at radius 2 is 1.12 bits per heavy atom. The third-order valence-corrected chi connectivity index (χ3v) is 9.11. The molecule has 0 unspecified atom stereocenters. The molecule has 17 nitrogen and oxygen atoms in total. The van der Waals surface area contributed by atoms with Gasteiger partial charge in [0.05, 0.1) is 27.6 Å². The highest BCUT2D eigenvalue weighted by Gasteiger charge is 2.21. The lowest BCUT2D eigenvalue weighted by Crippen LogP contribution is -2.03. The largest absolute Gasteiger partial charge is 0.425 e. The number of nitrogen functional groups attached to an aromatic ring is 1. The van der Waals surface area contributed by atoms with E-state index in [1.54, 1.807) is 25.1 Å². The molecule has 0 aliphatic carbocycles. The predicted octanol–water partition coefficient (Wildman–Crippen LogP) is 5.45. The van der Waals surface area contributed by atoms with E-state index in [0.29, 0.717) is 22.4 Å². The van der Waals surface area contributed by atoms with Crippen LogP contribution in [0.5, 0.6) is 0 Å². The van der Waals surface area contributed by atoms with E-state index in [-0.39, 0.29) is 27.5 Å². The first-order chi connectivity index (χ1) is 22.3. The van der Waals surface area contributed by atoms with Gasteiger partial charge in [-0.25, -0.2) is 0 Å². The molecule has 5 N–H and O–H groups in total. The second-order valence-corrected chi connectivity index (χ2v) is 14.3. The highest BCUT2D eigenvalue weighted by atomic mass is 32.2. The fourth-order valence-corrected chi connectivity index (χ4v) is 6.38. The molecule has 0 aromatic heterocycles. The maximum Gasteiger partial charge on any atom is 0.425 e. The number of hydrogen-bond donors (Lipinski definition) is 4. The van der Waals surface area contributed by atoms with Crippen molar-refractivity contribution in [3.63, 3.8) is 0 Å². The molecule has 48 heavy (non-hydrogen) atoms. The summed E-state index contributed by atoms with van der Waals surface area (Å²) in [5.41, 5.74) is 7.73. The summed E-state index contributed by atoms with van der Waals surface area (Å²) in [5.74, 6) is 0. The van der Waals surface area contributed by atoms with Crippen LogP contribution in [0, 0.1) is 6.92 Å². The van der Waals surface area contributed by atoms with Gasteiger partial charge in [0.2, 0.25) is 0 Å². The molecular weight excluding hydrogens is 715 g/mol. The van der Waals surface area contributed by atoms with E-state index in [1.165, 1.54) is 30.3 Å². The Kier molecular flexibility index (Phi) is 10.1. The maximum atomic E-state index is 12.1. The molecule has 0 atom stereocenters. The van der Waals surface area contributed by atoms with E-state index < -0.39 is 55.6 Å². The van der Waals surface area contributed by atoms with Crippen molar-refractivity contribution in [3.05, 3.63) is 84.4 Å². The molecule has 0 saturated heterocycles. The SMILES string of the molecule is Cc1cc(N)ccc1N=Nc1ccc(N=Nc2cc(S(=O)(=O)O)c3cccc(S(=O)(=O)O)c3c2)c2cc(S(=O)(=O)O)ccc12.O=S(=O)=O. The molecule has 0 aliphatic heterocycles. The zero-order valence-electron chi connectivity index (χ0n) is 24.0. The molecule has 0 amide bonds. The lowest BCUT2D eigenvalue weighted by molar-refractivity contribution is 0.481. The van der Waals surface area contributed by atoms with Crippen LogP contribution < -0.4 is 5.73 Å². The van der Waals surface area contributed by atoms with E-state index >= 15 is 0 Å². The number of hydrogen-bond acceptors (Lipinski definition) is 14. The Labute approximate surface area is 273 Å². The van der Waals surface area contributed by atoms with Crippen molar-refractivity contribution in [1.29, 1.82) is 0 Å². The molecule has 5 aromatic carbocycles. The minimum Gasteiger partial charge on any atom is -0.399 e. The summed E-state index contributed by atoms with van der Waals surface area (Å²) in [6.45, 7) is 1.80.